The normalized spacial score (nSPS) is 13.7. The monoisotopic (exact) mass is 282 g/mol. The second kappa shape index (κ2) is 4.44. The van der Waals surface area contributed by atoms with Crippen LogP contribution in [0.2, 0.25) is 0 Å². The van der Waals surface area contributed by atoms with Gasteiger partial charge < -0.3 is 4.98 Å². The van der Waals surface area contributed by atoms with Crippen LogP contribution in [0.5, 0.6) is 0 Å². The Morgan fingerprint density at radius 3 is 3.00 bits per heavy atom. The fourth-order valence-electron chi connectivity index (χ4n) is 3.02. The summed E-state index contributed by atoms with van der Waals surface area (Å²) in [6, 6.07) is 3.75. The summed E-state index contributed by atoms with van der Waals surface area (Å²) in [5.41, 5.74) is 3.52. The highest BCUT2D eigenvalue weighted by atomic mass is 16.1. The average molecular weight is 282 g/mol. The van der Waals surface area contributed by atoms with Crippen molar-refractivity contribution in [2.75, 3.05) is 0 Å². The van der Waals surface area contributed by atoms with Crippen LogP contribution in [0.1, 0.15) is 28.8 Å². The number of hydrogen-bond acceptors (Lipinski definition) is 3. The molecule has 3 aromatic heterocycles. The molecule has 0 aromatic carbocycles. The molecule has 4 rings (SSSR count). The van der Waals surface area contributed by atoms with Crippen LogP contribution < -0.4 is 11.1 Å². The summed E-state index contributed by atoms with van der Waals surface area (Å²) >= 11 is 0. The molecule has 0 atom stereocenters. The lowest BCUT2D eigenvalue weighted by Crippen LogP contribution is -2.21. The maximum absolute atomic E-state index is 12.4. The zero-order chi connectivity index (χ0) is 14.4. The number of aryl methyl sites for hydroxylation is 1. The van der Waals surface area contributed by atoms with Crippen molar-refractivity contribution in [3.05, 3.63) is 67.6 Å². The van der Waals surface area contributed by atoms with Crippen LogP contribution in [-0.4, -0.2) is 19.6 Å². The van der Waals surface area contributed by atoms with E-state index >= 15 is 0 Å². The Hall–Kier alpha value is -2.63. The summed E-state index contributed by atoms with van der Waals surface area (Å²) in [6.07, 6.45) is 6.51. The van der Waals surface area contributed by atoms with Gasteiger partial charge in [-0.2, -0.15) is 4.52 Å². The van der Waals surface area contributed by atoms with Gasteiger partial charge in [0, 0.05) is 30.1 Å². The molecule has 0 amide bonds. The molecule has 21 heavy (non-hydrogen) atoms. The van der Waals surface area contributed by atoms with Crippen LogP contribution in [0.4, 0.5) is 0 Å². The summed E-state index contributed by atoms with van der Waals surface area (Å²) in [4.78, 5) is 31.9. The summed E-state index contributed by atoms with van der Waals surface area (Å²) in [5, 5.41) is 2.64. The lowest BCUT2D eigenvalue weighted by molar-refractivity contribution is 0.857. The largest absolute Gasteiger partial charge is 0.343 e. The highest BCUT2D eigenvalue weighted by Crippen LogP contribution is 2.18. The Morgan fingerprint density at radius 2 is 2.19 bits per heavy atom. The predicted octanol–water partition coefficient (Wildman–Crippen LogP) is 0.790. The Morgan fingerprint density at radius 1 is 1.29 bits per heavy atom. The quantitative estimate of drug-likeness (QED) is 0.729. The Labute approximate surface area is 119 Å². The maximum atomic E-state index is 12.4. The predicted molar refractivity (Wildman–Crippen MR) is 77.7 cm³/mol. The molecule has 3 aromatic rings. The van der Waals surface area contributed by atoms with E-state index in [9.17, 15) is 9.59 Å². The Bertz CT molecular complexity index is 934. The third-order valence-corrected chi connectivity index (χ3v) is 4.05. The lowest BCUT2D eigenvalue weighted by atomic mass is 10.1. The van der Waals surface area contributed by atoms with Gasteiger partial charge in [0.25, 0.3) is 11.1 Å². The van der Waals surface area contributed by atoms with Gasteiger partial charge in [-0.15, -0.1) is 0 Å². The fraction of sp³-hybridized carbons (Fsp3) is 0.267. The molecule has 0 saturated carbocycles. The third-order valence-electron chi connectivity index (χ3n) is 4.05. The maximum Gasteiger partial charge on any atom is 0.276 e. The topological polar surface area (TPSA) is 83.0 Å². The minimum Gasteiger partial charge on any atom is -0.343 e. The van der Waals surface area contributed by atoms with Crippen molar-refractivity contribution in [2.45, 2.75) is 25.7 Å². The van der Waals surface area contributed by atoms with E-state index in [1.165, 1.54) is 4.52 Å². The smallest absolute Gasteiger partial charge is 0.276 e. The third kappa shape index (κ3) is 1.83. The van der Waals surface area contributed by atoms with Gasteiger partial charge >= 0.3 is 0 Å². The van der Waals surface area contributed by atoms with Gasteiger partial charge in [0.2, 0.25) is 0 Å². The molecule has 0 spiro atoms. The molecule has 1 aliphatic rings. The molecule has 2 N–H and O–H groups in total. The van der Waals surface area contributed by atoms with Crippen molar-refractivity contribution in [3.63, 3.8) is 0 Å². The van der Waals surface area contributed by atoms with E-state index in [1.807, 2.05) is 12.1 Å². The molecule has 3 heterocycles. The second-order valence-corrected chi connectivity index (χ2v) is 5.38. The van der Waals surface area contributed by atoms with E-state index in [4.69, 9.17) is 0 Å². The van der Waals surface area contributed by atoms with Crippen molar-refractivity contribution >= 4 is 5.65 Å². The van der Waals surface area contributed by atoms with Gasteiger partial charge in [0.1, 0.15) is 5.65 Å². The molecule has 0 radical (unpaired) electrons. The van der Waals surface area contributed by atoms with Crippen LogP contribution in [0.3, 0.4) is 0 Å². The first-order valence-electron chi connectivity index (χ1n) is 7.00. The second-order valence-electron chi connectivity index (χ2n) is 5.38. The minimum absolute atomic E-state index is 0.106. The van der Waals surface area contributed by atoms with E-state index < -0.39 is 0 Å². The van der Waals surface area contributed by atoms with Crippen LogP contribution in [0.25, 0.3) is 5.65 Å². The Balaban J connectivity index is 1.94. The number of nitrogens with one attached hydrogen (secondary N) is 2. The van der Waals surface area contributed by atoms with Gasteiger partial charge in [-0.3, -0.25) is 19.7 Å². The van der Waals surface area contributed by atoms with E-state index in [-0.39, 0.29) is 11.1 Å². The van der Waals surface area contributed by atoms with Gasteiger partial charge in [0.15, 0.2) is 0 Å². The first kappa shape index (κ1) is 12.1. The Kier molecular flexibility index (Phi) is 2.57. The van der Waals surface area contributed by atoms with Crippen molar-refractivity contribution in [3.8, 4) is 0 Å². The molecule has 6 heteroatoms. The van der Waals surface area contributed by atoms with Crippen LogP contribution in [0.15, 0.2) is 34.1 Å². The summed E-state index contributed by atoms with van der Waals surface area (Å²) < 4.78 is 1.35. The molecule has 0 aliphatic heterocycles. The van der Waals surface area contributed by atoms with Crippen LogP contribution in [0, 0.1) is 0 Å². The number of hydrogen-bond donors (Lipinski definition) is 2. The van der Waals surface area contributed by atoms with Gasteiger partial charge in [0.05, 0.1) is 5.56 Å². The molecule has 6 nitrogen and oxygen atoms in total. The number of aromatic amines is 2. The average Bonchev–Trinajstić information content (AvgIpc) is 3.08. The number of nitrogens with zero attached hydrogens (tertiary/aromatic N) is 2. The molecular weight excluding hydrogens is 268 g/mol. The number of H-pyrrole nitrogens is 2. The highest BCUT2D eigenvalue weighted by molar-refractivity contribution is 5.50. The number of pyridine rings is 1. The number of rotatable bonds is 2. The molecule has 0 fully saturated rings. The van der Waals surface area contributed by atoms with Gasteiger partial charge in [-0.05, 0) is 30.9 Å². The zero-order valence-corrected chi connectivity index (χ0v) is 11.3. The van der Waals surface area contributed by atoms with Gasteiger partial charge in [-0.25, -0.2) is 0 Å². The van der Waals surface area contributed by atoms with Crippen LogP contribution >= 0.6 is 0 Å². The summed E-state index contributed by atoms with van der Waals surface area (Å²) in [5.74, 6) is 0. The summed E-state index contributed by atoms with van der Waals surface area (Å²) in [7, 11) is 0. The molecule has 106 valence electrons. The molecular formula is C15H14N4O2. The number of aromatic nitrogens is 4. The first-order valence-corrected chi connectivity index (χ1v) is 7.00. The SMILES string of the molecule is O=c1[nH]n2c(=O)c3c([nH]c2c1Cc1cccnc1)CCC3. The fourth-order valence-corrected chi connectivity index (χ4v) is 3.02. The molecule has 0 bridgehead atoms. The van der Waals surface area contributed by atoms with Crippen molar-refractivity contribution < 1.29 is 0 Å². The van der Waals surface area contributed by atoms with Crippen molar-refractivity contribution in [1.82, 2.24) is 19.6 Å². The van der Waals surface area contributed by atoms with Gasteiger partial charge in [-0.1, -0.05) is 6.07 Å². The first-order chi connectivity index (χ1) is 10.2. The molecule has 0 saturated heterocycles. The lowest BCUT2D eigenvalue weighted by Gasteiger charge is -2.03. The number of fused-ring (bicyclic) bond motifs is 2. The van der Waals surface area contributed by atoms with E-state index in [1.54, 1.807) is 12.4 Å². The standard InChI is InChI=1S/C15H14N4O2/c20-14-11(7-9-3-2-6-16-8-9)13-17-12-5-1-4-10(12)15(21)19(13)18-14/h2-3,6,8,17H,1,4-5,7H2,(H,18,20). The molecule has 0 unspecified atom stereocenters. The minimum atomic E-state index is -0.226. The van der Waals surface area contributed by atoms with Crippen molar-refractivity contribution in [2.24, 2.45) is 0 Å². The van der Waals surface area contributed by atoms with E-state index in [2.05, 4.69) is 15.1 Å². The van der Waals surface area contributed by atoms with Crippen LogP contribution in [-0.2, 0) is 19.3 Å². The van der Waals surface area contributed by atoms with E-state index in [0.717, 1.165) is 36.1 Å². The molecule has 1 aliphatic carbocycles. The zero-order valence-electron chi connectivity index (χ0n) is 11.3. The highest BCUT2D eigenvalue weighted by Gasteiger charge is 2.20. The van der Waals surface area contributed by atoms with E-state index in [0.29, 0.717) is 17.6 Å². The summed E-state index contributed by atoms with van der Waals surface area (Å²) in [6.45, 7) is 0. The van der Waals surface area contributed by atoms with Crippen molar-refractivity contribution in [1.29, 1.82) is 0 Å².